The van der Waals surface area contributed by atoms with Crippen LogP contribution in [-0.4, -0.2) is 39.1 Å². The fraction of sp³-hybridized carbons (Fsp3) is 0.583. The molecule has 1 fully saturated rings. The third-order valence-electron chi connectivity index (χ3n) is 3.10. The average Bonchev–Trinajstić information content (AvgIpc) is 2.37. The number of amides is 1. The second-order valence-corrected chi connectivity index (χ2v) is 5.42. The number of carbonyl (C=O) groups excluding carboxylic acids is 1. The first-order valence-electron chi connectivity index (χ1n) is 6.14. The molecule has 1 atom stereocenters. The van der Waals surface area contributed by atoms with Crippen LogP contribution in [0.1, 0.15) is 26.2 Å². The molecule has 1 aliphatic rings. The lowest BCUT2D eigenvalue weighted by molar-refractivity contribution is -0.131. The molecular formula is C12H17N3O2S. The topological polar surface area (TPSA) is 66.1 Å². The van der Waals surface area contributed by atoms with Gasteiger partial charge in [-0.15, -0.1) is 0 Å². The van der Waals surface area contributed by atoms with Crippen LogP contribution in [0, 0.1) is 0 Å². The van der Waals surface area contributed by atoms with E-state index in [9.17, 15) is 9.59 Å². The van der Waals surface area contributed by atoms with Crippen LogP contribution in [0.15, 0.2) is 22.2 Å². The van der Waals surface area contributed by atoms with Gasteiger partial charge in [-0.05, 0) is 26.2 Å². The highest BCUT2D eigenvalue weighted by molar-refractivity contribution is 7.99. The van der Waals surface area contributed by atoms with Gasteiger partial charge in [-0.1, -0.05) is 11.8 Å². The maximum atomic E-state index is 12.1. The Kier molecular flexibility index (Phi) is 4.41. The second kappa shape index (κ2) is 6.04. The first-order chi connectivity index (χ1) is 8.66. The molecule has 2 rings (SSSR count). The molecule has 0 saturated carbocycles. The van der Waals surface area contributed by atoms with Gasteiger partial charge in [-0.25, -0.2) is 4.98 Å². The molecule has 1 amide bonds. The molecule has 0 aromatic carbocycles. The van der Waals surface area contributed by atoms with Crippen molar-refractivity contribution in [2.24, 2.45) is 0 Å². The predicted molar refractivity (Wildman–Crippen MR) is 70.6 cm³/mol. The number of hydrogen-bond donors (Lipinski definition) is 1. The van der Waals surface area contributed by atoms with Crippen molar-refractivity contribution in [3.05, 3.63) is 22.6 Å². The minimum Gasteiger partial charge on any atom is -0.339 e. The molecular weight excluding hydrogens is 250 g/mol. The molecule has 1 aliphatic heterocycles. The Morgan fingerprint density at radius 2 is 2.44 bits per heavy atom. The average molecular weight is 267 g/mol. The SMILES string of the molecule is C[C@H]1CCCCN1C(=O)CSc1nccc(=O)[nH]1. The van der Waals surface area contributed by atoms with Crippen LogP contribution in [0.3, 0.4) is 0 Å². The molecule has 98 valence electrons. The summed E-state index contributed by atoms with van der Waals surface area (Å²) >= 11 is 1.28. The third-order valence-corrected chi connectivity index (χ3v) is 3.98. The monoisotopic (exact) mass is 267 g/mol. The van der Waals surface area contributed by atoms with Gasteiger partial charge in [0.2, 0.25) is 5.91 Å². The van der Waals surface area contributed by atoms with Gasteiger partial charge in [-0.3, -0.25) is 9.59 Å². The number of likely N-dealkylation sites (tertiary alicyclic amines) is 1. The van der Waals surface area contributed by atoms with E-state index in [1.54, 1.807) is 0 Å². The molecule has 0 bridgehead atoms. The minimum atomic E-state index is -0.189. The highest BCUT2D eigenvalue weighted by atomic mass is 32.2. The second-order valence-electron chi connectivity index (χ2n) is 4.46. The summed E-state index contributed by atoms with van der Waals surface area (Å²) < 4.78 is 0. The number of nitrogens with one attached hydrogen (secondary N) is 1. The minimum absolute atomic E-state index is 0.124. The van der Waals surface area contributed by atoms with E-state index < -0.39 is 0 Å². The highest BCUT2D eigenvalue weighted by Crippen LogP contribution is 2.19. The Labute approximate surface area is 110 Å². The predicted octanol–water partition coefficient (Wildman–Crippen LogP) is 1.26. The zero-order valence-corrected chi connectivity index (χ0v) is 11.2. The Morgan fingerprint density at radius 1 is 1.61 bits per heavy atom. The Morgan fingerprint density at radius 3 is 3.17 bits per heavy atom. The lowest BCUT2D eigenvalue weighted by Crippen LogP contribution is -2.43. The summed E-state index contributed by atoms with van der Waals surface area (Å²) in [6, 6.07) is 1.69. The van der Waals surface area contributed by atoms with Crippen molar-refractivity contribution in [2.45, 2.75) is 37.4 Å². The Balaban J connectivity index is 1.89. The molecule has 1 saturated heterocycles. The van der Waals surface area contributed by atoms with E-state index in [2.05, 4.69) is 16.9 Å². The zero-order valence-electron chi connectivity index (χ0n) is 10.4. The lowest BCUT2D eigenvalue weighted by Gasteiger charge is -2.33. The molecule has 0 spiro atoms. The number of nitrogens with zero attached hydrogens (tertiary/aromatic N) is 2. The van der Waals surface area contributed by atoms with Crippen molar-refractivity contribution >= 4 is 17.7 Å². The fourth-order valence-corrected chi connectivity index (χ4v) is 2.84. The summed E-state index contributed by atoms with van der Waals surface area (Å²) in [4.78, 5) is 31.7. The van der Waals surface area contributed by atoms with Gasteiger partial charge in [-0.2, -0.15) is 0 Å². The normalized spacial score (nSPS) is 19.8. The smallest absolute Gasteiger partial charge is 0.251 e. The van der Waals surface area contributed by atoms with E-state index in [4.69, 9.17) is 0 Å². The quantitative estimate of drug-likeness (QED) is 0.661. The van der Waals surface area contributed by atoms with Crippen LogP contribution in [0.4, 0.5) is 0 Å². The largest absolute Gasteiger partial charge is 0.339 e. The van der Waals surface area contributed by atoms with Crippen molar-refractivity contribution in [1.82, 2.24) is 14.9 Å². The van der Waals surface area contributed by atoms with E-state index in [1.807, 2.05) is 4.90 Å². The van der Waals surface area contributed by atoms with Crippen molar-refractivity contribution in [3.8, 4) is 0 Å². The summed E-state index contributed by atoms with van der Waals surface area (Å²) in [5.41, 5.74) is -0.189. The van der Waals surface area contributed by atoms with E-state index in [-0.39, 0.29) is 11.5 Å². The van der Waals surface area contributed by atoms with Crippen LogP contribution in [0.2, 0.25) is 0 Å². The summed E-state index contributed by atoms with van der Waals surface area (Å²) in [5.74, 6) is 0.454. The summed E-state index contributed by atoms with van der Waals surface area (Å²) in [5, 5.41) is 0.500. The fourth-order valence-electron chi connectivity index (χ4n) is 2.11. The van der Waals surface area contributed by atoms with Gasteiger partial charge >= 0.3 is 0 Å². The maximum Gasteiger partial charge on any atom is 0.251 e. The molecule has 18 heavy (non-hydrogen) atoms. The lowest BCUT2D eigenvalue weighted by atomic mass is 10.0. The highest BCUT2D eigenvalue weighted by Gasteiger charge is 2.22. The van der Waals surface area contributed by atoms with E-state index in [0.717, 1.165) is 19.4 Å². The van der Waals surface area contributed by atoms with Gasteiger partial charge in [0, 0.05) is 24.8 Å². The first-order valence-corrected chi connectivity index (χ1v) is 7.13. The molecule has 5 nitrogen and oxygen atoms in total. The van der Waals surface area contributed by atoms with Gasteiger partial charge < -0.3 is 9.88 Å². The van der Waals surface area contributed by atoms with Crippen LogP contribution in [0.5, 0.6) is 0 Å². The summed E-state index contributed by atoms with van der Waals surface area (Å²) in [6.45, 7) is 2.93. The summed E-state index contributed by atoms with van der Waals surface area (Å²) in [7, 11) is 0. The molecule has 1 aromatic rings. The maximum absolute atomic E-state index is 12.1. The van der Waals surface area contributed by atoms with E-state index in [0.29, 0.717) is 17.0 Å². The molecule has 1 aromatic heterocycles. The van der Waals surface area contributed by atoms with Crippen molar-refractivity contribution in [1.29, 1.82) is 0 Å². The van der Waals surface area contributed by atoms with Gasteiger partial charge in [0.05, 0.1) is 5.75 Å². The number of hydrogen-bond acceptors (Lipinski definition) is 4. The Bertz CT molecular complexity index is 474. The van der Waals surface area contributed by atoms with Crippen LogP contribution in [-0.2, 0) is 4.79 Å². The number of carbonyl (C=O) groups is 1. The van der Waals surface area contributed by atoms with Gasteiger partial charge in [0.1, 0.15) is 0 Å². The van der Waals surface area contributed by atoms with E-state index in [1.165, 1.54) is 30.4 Å². The number of aromatic nitrogens is 2. The van der Waals surface area contributed by atoms with Crippen molar-refractivity contribution in [3.63, 3.8) is 0 Å². The number of rotatable bonds is 3. The third kappa shape index (κ3) is 3.35. The molecule has 0 unspecified atom stereocenters. The van der Waals surface area contributed by atoms with Gasteiger partial charge in [0.25, 0.3) is 5.56 Å². The molecule has 0 radical (unpaired) electrons. The number of piperidine rings is 1. The van der Waals surface area contributed by atoms with Crippen LogP contribution in [0.25, 0.3) is 0 Å². The molecule has 1 N–H and O–H groups in total. The standard InChI is InChI=1S/C12H17N3O2S/c1-9-4-2-3-7-15(9)11(17)8-18-12-13-6-5-10(16)14-12/h5-6,9H,2-4,7-8H2,1H3,(H,13,14,16)/t9-/m0/s1. The van der Waals surface area contributed by atoms with Crippen molar-refractivity contribution < 1.29 is 4.79 Å². The van der Waals surface area contributed by atoms with E-state index >= 15 is 0 Å². The Hall–Kier alpha value is -1.30. The van der Waals surface area contributed by atoms with Crippen LogP contribution < -0.4 is 5.56 Å². The van der Waals surface area contributed by atoms with Crippen LogP contribution >= 0.6 is 11.8 Å². The number of aromatic amines is 1. The zero-order chi connectivity index (χ0) is 13.0. The van der Waals surface area contributed by atoms with Crippen molar-refractivity contribution in [2.75, 3.05) is 12.3 Å². The van der Waals surface area contributed by atoms with Gasteiger partial charge in [0.15, 0.2) is 5.16 Å². The molecule has 6 heteroatoms. The number of H-pyrrole nitrogens is 1. The molecule has 0 aliphatic carbocycles. The first kappa shape index (κ1) is 13.1. The summed E-state index contributed by atoms with van der Waals surface area (Å²) in [6.07, 6.45) is 4.82. The molecule has 2 heterocycles. The number of thioether (sulfide) groups is 1.